The standard InChI is InChI=1S/C73H51N3/c1-6-24-52(25-7-1)55-50-66(53-42-46-60(47-43-53)75-68-38-20-16-34-62(68)72(56-26-8-2-9-27-56,57-28-10-3-11-29-57)63-35-17-21-39-69(63)75)74-67(51-55)54-44-48-61(49-45-54)76-70-40-22-18-36-64(70)73(58-30-12-4-13-31-58,59-32-14-5-15-33-59)65-37-19-23-41-71(65)76/h1-51H. The van der Waals surface area contributed by atoms with Crippen LogP contribution in [0.1, 0.15) is 44.5 Å². The molecule has 358 valence electrons. The number of hydrogen-bond acceptors (Lipinski definition) is 3. The average molecular weight is 970 g/mol. The zero-order valence-corrected chi connectivity index (χ0v) is 41.8. The van der Waals surface area contributed by atoms with E-state index in [1.807, 2.05) is 0 Å². The van der Waals surface area contributed by atoms with E-state index in [0.717, 1.165) is 67.8 Å². The predicted molar refractivity (Wildman–Crippen MR) is 314 cm³/mol. The first kappa shape index (κ1) is 44.8. The molecule has 0 unspecified atom stereocenters. The van der Waals surface area contributed by atoms with Crippen molar-refractivity contribution >= 4 is 34.1 Å². The monoisotopic (exact) mass is 969 g/mol. The van der Waals surface area contributed by atoms with Crippen LogP contribution >= 0.6 is 0 Å². The van der Waals surface area contributed by atoms with Crippen LogP contribution in [0.3, 0.4) is 0 Å². The van der Waals surface area contributed by atoms with Gasteiger partial charge < -0.3 is 9.80 Å². The smallest absolute Gasteiger partial charge is 0.0742 e. The molecule has 76 heavy (non-hydrogen) atoms. The van der Waals surface area contributed by atoms with E-state index in [9.17, 15) is 0 Å². The molecule has 0 atom stereocenters. The lowest BCUT2D eigenvalue weighted by atomic mass is 9.62. The Morgan fingerprint density at radius 2 is 0.487 bits per heavy atom. The second-order valence-electron chi connectivity index (χ2n) is 19.8. The van der Waals surface area contributed by atoms with Crippen LogP contribution in [0, 0.1) is 0 Å². The Labute approximate surface area is 445 Å². The van der Waals surface area contributed by atoms with Gasteiger partial charge in [-0.15, -0.1) is 0 Å². The largest absolute Gasteiger partial charge is 0.310 e. The van der Waals surface area contributed by atoms with E-state index >= 15 is 0 Å². The van der Waals surface area contributed by atoms with Crippen LogP contribution in [-0.4, -0.2) is 4.98 Å². The molecule has 0 aliphatic carbocycles. The number of benzene rings is 11. The number of fused-ring (bicyclic) bond motifs is 4. The number of rotatable bonds is 9. The molecule has 11 aromatic carbocycles. The molecular formula is C73H51N3. The van der Waals surface area contributed by atoms with E-state index in [4.69, 9.17) is 4.98 Å². The second kappa shape index (κ2) is 18.6. The van der Waals surface area contributed by atoms with Crippen LogP contribution in [0.15, 0.2) is 309 Å². The van der Waals surface area contributed by atoms with Gasteiger partial charge in [0.2, 0.25) is 0 Å². The fraction of sp³-hybridized carbons (Fsp3) is 0.0274. The highest BCUT2D eigenvalue weighted by Gasteiger charge is 2.48. The van der Waals surface area contributed by atoms with Crippen LogP contribution in [0.2, 0.25) is 0 Å². The van der Waals surface area contributed by atoms with Gasteiger partial charge in [-0.25, -0.2) is 4.98 Å². The minimum Gasteiger partial charge on any atom is -0.310 e. The van der Waals surface area contributed by atoms with Crippen LogP contribution in [-0.2, 0) is 10.8 Å². The third-order valence-electron chi connectivity index (χ3n) is 15.8. The van der Waals surface area contributed by atoms with Crippen molar-refractivity contribution in [2.24, 2.45) is 0 Å². The quantitative estimate of drug-likeness (QED) is 0.144. The molecule has 0 saturated carbocycles. The van der Waals surface area contributed by atoms with E-state index < -0.39 is 10.8 Å². The van der Waals surface area contributed by atoms with Gasteiger partial charge in [0.15, 0.2) is 0 Å². The third kappa shape index (κ3) is 7.08. The maximum absolute atomic E-state index is 5.47. The summed E-state index contributed by atoms with van der Waals surface area (Å²) in [5.41, 5.74) is 21.8. The number of para-hydroxylation sites is 4. The molecule has 0 radical (unpaired) electrons. The number of hydrogen-bond donors (Lipinski definition) is 0. The molecule has 12 aromatic rings. The highest BCUT2D eigenvalue weighted by Crippen LogP contribution is 2.59. The maximum atomic E-state index is 5.47. The van der Waals surface area contributed by atoms with E-state index in [0.29, 0.717) is 0 Å². The van der Waals surface area contributed by atoms with Gasteiger partial charge in [0.05, 0.1) is 45.0 Å². The van der Waals surface area contributed by atoms with Crippen molar-refractivity contribution in [3.8, 4) is 33.6 Å². The topological polar surface area (TPSA) is 19.4 Å². The number of anilines is 6. The normalized spacial score (nSPS) is 13.7. The maximum Gasteiger partial charge on any atom is 0.0742 e. The SMILES string of the molecule is c1ccc(-c2cc(-c3ccc(N4c5ccccc5C(c5ccccc5)(c5ccccc5)c5ccccc54)cc3)nc(-c3ccc(N4c5ccccc5C(c5ccccc5)(c5ccccc5)c5ccccc54)cc3)c2)cc1. The minimum absolute atomic E-state index is 0.526. The zero-order chi connectivity index (χ0) is 50.5. The summed E-state index contributed by atoms with van der Waals surface area (Å²) in [6.45, 7) is 0. The molecule has 1 aromatic heterocycles. The Morgan fingerprint density at radius 3 is 0.789 bits per heavy atom. The summed E-state index contributed by atoms with van der Waals surface area (Å²) >= 11 is 0. The van der Waals surface area contributed by atoms with Crippen molar-refractivity contribution in [1.29, 1.82) is 0 Å². The van der Waals surface area contributed by atoms with Crippen molar-refractivity contribution in [3.63, 3.8) is 0 Å². The molecule has 14 rings (SSSR count). The van der Waals surface area contributed by atoms with Crippen molar-refractivity contribution < 1.29 is 0 Å². The van der Waals surface area contributed by atoms with Crippen molar-refractivity contribution in [2.45, 2.75) is 10.8 Å². The van der Waals surface area contributed by atoms with Gasteiger partial charge in [-0.3, -0.25) is 0 Å². The van der Waals surface area contributed by atoms with Crippen molar-refractivity contribution in [1.82, 2.24) is 4.98 Å². The summed E-state index contributed by atoms with van der Waals surface area (Å²) in [5.74, 6) is 0. The lowest BCUT2D eigenvalue weighted by Crippen LogP contribution is -2.37. The van der Waals surface area contributed by atoms with E-state index in [1.54, 1.807) is 0 Å². The van der Waals surface area contributed by atoms with Gasteiger partial charge in [-0.1, -0.05) is 249 Å². The molecule has 0 bridgehead atoms. The van der Waals surface area contributed by atoms with Crippen LogP contribution in [0.5, 0.6) is 0 Å². The third-order valence-corrected chi connectivity index (χ3v) is 15.8. The van der Waals surface area contributed by atoms with Gasteiger partial charge in [-0.2, -0.15) is 0 Å². The van der Waals surface area contributed by atoms with E-state index in [1.165, 1.54) is 44.5 Å². The first-order chi connectivity index (χ1) is 37.7. The van der Waals surface area contributed by atoms with Crippen molar-refractivity contribution in [2.75, 3.05) is 9.80 Å². The summed E-state index contributed by atoms with van der Waals surface area (Å²) in [7, 11) is 0. The molecule has 3 nitrogen and oxygen atoms in total. The Kier molecular flexibility index (Phi) is 11.0. The van der Waals surface area contributed by atoms with Crippen molar-refractivity contribution in [3.05, 3.63) is 354 Å². The first-order valence-electron chi connectivity index (χ1n) is 26.2. The molecule has 3 heterocycles. The molecule has 0 N–H and O–H groups in total. The highest BCUT2D eigenvalue weighted by atomic mass is 15.2. The van der Waals surface area contributed by atoms with Gasteiger partial charge in [0, 0.05) is 22.5 Å². The van der Waals surface area contributed by atoms with Crippen LogP contribution < -0.4 is 9.80 Å². The fourth-order valence-electron chi connectivity index (χ4n) is 12.6. The molecule has 2 aliphatic heterocycles. The highest BCUT2D eigenvalue weighted by molar-refractivity contribution is 5.92. The average Bonchev–Trinajstić information content (AvgIpc) is 3.51. The predicted octanol–water partition coefficient (Wildman–Crippen LogP) is 18.4. The number of aromatic nitrogens is 1. The molecular weight excluding hydrogens is 919 g/mol. The summed E-state index contributed by atoms with van der Waals surface area (Å²) in [6, 6.07) is 113. The Balaban J connectivity index is 0.858. The summed E-state index contributed by atoms with van der Waals surface area (Å²) < 4.78 is 0. The summed E-state index contributed by atoms with van der Waals surface area (Å²) in [5, 5.41) is 0. The van der Waals surface area contributed by atoms with E-state index in [-0.39, 0.29) is 0 Å². The molecule has 3 heteroatoms. The van der Waals surface area contributed by atoms with Gasteiger partial charge in [-0.05, 0) is 116 Å². The van der Waals surface area contributed by atoms with Crippen LogP contribution in [0.4, 0.5) is 34.1 Å². The Bertz CT molecular complexity index is 3600. The van der Waals surface area contributed by atoms with E-state index in [2.05, 4.69) is 319 Å². The lowest BCUT2D eigenvalue weighted by Gasteiger charge is -2.46. The molecule has 0 spiro atoms. The number of pyridine rings is 1. The zero-order valence-electron chi connectivity index (χ0n) is 41.8. The molecule has 2 aliphatic rings. The van der Waals surface area contributed by atoms with Crippen LogP contribution in [0.25, 0.3) is 33.6 Å². The van der Waals surface area contributed by atoms with Gasteiger partial charge in [0.25, 0.3) is 0 Å². The second-order valence-corrected chi connectivity index (χ2v) is 19.8. The summed E-state index contributed by atoms with van der Waals surface area (Å²) in [6.07, 6.45) is 0. The number of nitrogens with zero attached hydrogens (tertiary/aromatic N) is 3. The molecule has 0 fully saturated rings. The molecule has 0 saturated heterocycles. The lowest BCUT2D eigenvalue weighted by molar-refractivity contribution is 0.731. The summed E-state index contributed by atoms with van der Waals surface area (Å²) in [4.78, 5) is 10.3. The Hall–Kier alpha value is -9.83. The molecule has 0 amide bonds. The minimum atomic E-state index is -0.526. The fourth-order valence-corrected chi connectivity index (χ4v) is 12.6. The van der Waals surface area contributed by atoms with Gasteiger partial charge in [0.1, 0.15) is 0 Å². The first-order valence-corrected chi connectivity index (χ1v) is 26.2. The van der Waals surface area contributed by atoms with Gasteiger partial charge >= 0.3 is 0 Å². The Morgan fingerprint density at radius 1 is 0.224 bits per heavy atom.